The predicted molar refractivity (Wildman–Crippen MR) is 90.0 cm³/mol. The smallest absolute Gasteiger partial charge is 0.312 e. The normalized spacial score (nSPS) is 11.7. The fourth-order valence-corrected chi connectivity index (χ4v) is 3.02. The minimum atomic E-state index is -0.651. The summed E-state index contributed by atoms with van der Waals surface area (Å²) >= 11 is 1.50. The summed E-state index contributed by atoms with van der Waals surface area (Å²) < 4.78 is 0. The number of carbonyl (C=O) groups excluding carboxylic acids is 2. The van der Waals surface area contributed by atoms with E-state index in [9.17, 15) is 9.59 Å². The van der Waals surface area contributed by atoms with Gasteiger partial charge < -0.3 is 16.4 Å². The minimum Gasteiger partial charge on any atom is -0.352 e. The van der Waals surface area contributed by atoms with E-state index in [4.69, 9.17) is 5.73 Å². The number of rotatable bonds is 6. The molecule has 0 aliphatic rings. The quantitative estimate of drug-likeness (QED) is 0.756. The van der Waals surface area contributed by atoms with Gasteiger partial charge in [-0.2, -0.15) is 0 Å². The first kappa shape index (κ1) is 17.0. The summed E-state index contributed by atoms with van der Waals surface area (Å²) in [4.78, 5) is 27.7. The number of thiazole rings is 1. The summed E-state index contributed by atoms with van der Waals surface area (Å²) in [6.07, 6.45) is 0.123. The first-order chi connectivity index (χ1) is 11.0. The Balaban J connectivity index is 2.01. The van der Waals surface area contributed by atoms with E-state index in [1.807, 2.05) is 43.5 Å². The number of nitrogens with one attached hydrogen (secondary N) is 2. The van der Waals surface area contributed by atoms with Gasteiger partial charge in [-0.25, -0.2) is 9.78 Å². The van der Waals surface area contributed by atoms with Crippen LogP contribution in [-0.2, 0) is 11.3 Å². The van der Waals surface area contributed by atoms with Gasteiger partial charge in [-0.05, 0) is 25.0 Å². The third kappa shape index (κ3) is 5.07. The molecule has 2 rings (SSSR count). The van der Waals surface area contributed by atoms with Crippen LogP contribution in [0.15, 0.2) is 29.6 Å². The highest BCUT2D eigenvalue weighted by atomic mass is 32.1. The number of nitrogens with two attached hydrogens (primary N) is 1. The van der Waals surface area contributed by atoms with Crippen LogP contribution in [0, 0.1) is 13.8 Å². The lowest BCUT2D eigenvalue weighted by Gasteiger charge is -2.19. The molecule has 0 saturated carbocycles. The topological polar surface area (TPSA) is 97.1 Å². The molecule has 6 nitrogen and oxygen atoms in total. The van der Waals surface area contributed by atoms with E-state index in [-0.39, 0.29) is 12.3 Å². The molecule has 0 spiro atoms. The highest BCUT2D eigenvalue weighted by Gasteiger charge is 2.19. The maximum atomic E-state index is 12.2. The molecule has 0 bridgehead atoms. The predicted octanol–water partition coefficient (Wildman–Crippen LogP) is 2.18. The molecule has 0 fully saturated rings. The number of urea groups is 1. The maximum Gasteiger partial charge on any atom is 0.312 e. The number of aromatic nitrogens is 1. The summed E-state index contributed by atoms with van der Waals surface area (Å²) in [5.41, 5.74) is 8.05. The van der Waals surface area contributed by atoms with Crippen molar-refractivity contribution in [2.75, 3.05) is 0 Å². The second-order valence-corrected chi connectivity index (χ2v) is 6.22. The number of amides is 3. The van der Waals surface area contributed by atoms with Crippen molar-refractivity contribution in [2.45, 2.75) is 32.9 Å². The number of nitrogens with zero attached hydrogens (tertiary/aromatic N) is 1. The first-order valence-corrected chi connectivity index (χ1v) is 8.13. The van der Waals surface area contributed by atoms with Gasteiger partial charge in [0.2, 0.25) is 5.91 Å². The zero-order valence-electron chi connectivity index (χ0n) is 13.1. The molecule has 0 saturated heterocycles. The fraction of sp³-hybridized carbons (Fsp3) is 0.312. The zero-order chi connectivity index (χ0) is 16.8. The monoisotopic (exact) mass is 332 g/mol. The van der Waals surface area contributed by atoms with Gasteiger partial charge in [0.05, 0.1) is 19.0 Å². The van der Waals surface area contributed by atoms with Crippen LogP contribution in [-0.4, -0.2) is 16.9 Å². The SMILES string of the molecule is Cc1csc(CNC(=O)C[C@H](NC(N)=O)c2ccccc2C)n1. The van der Waals surface area contributed by atoms with E-state index in [1.165, 1.54) is 11.3 Å². The third-order valence-electron chi connectivity index (χ3n) is 3.37. The fourth-order valence-electron chi connectivity index (χ4n) is 2.30. The van der Waals surface area contributed by atoms with Crippen molar-refractivity contribution in [3.8, 4) is 0 Å². The number of primary amides is 1. The highest BCUT2D eigenvalue weighted by molar-refractivity contribution is 7.09. The van der Waals surface area contributed by atoms with Gasteiger partial charge in [0.25, 0.3) is 0 Å². The Kier molecular flexibility index (Phi) is 5.70. The molecule has 1 aromatic heterocycles. The zero-order valence-corrected chi connectivity index (χ0v) is 13.9. The highest BCUT2D eigenvalue weighted by Crippen LogP contribution is 2.20. The van der Waals surface area contributed by atoms with E-state index in [0.717, 1.165) is 21.8 Å². The third-order valence-corrected chi connectivity index (χ3v) is 4.34. The molecule has 0 radical (unpaired) electrons. The summed E-state index contributed by atoms with van der Waals surface area (Å²) in [6.45, 7) is 4.22. The van der Waals surface area contributed by atoms with Crippen LogP contribution < -0.4 is 16.4 Å². The Hall–Kier alpha value is -2.41. The first-order valence-electron chi connectivity index (χ1n) is 7.25. The number of hydrogen-bond acceptors (Lipinski definition) is 4. The lowest BCUT2D eigenvalue weighted by atomic mass is 9.98. The van der Waals surface area contributed by atoms with E-state index in [1.54, 1.807) is 0 Å². The lowest BCUT2D eigenvalue weighted by Crippen LogP contribution is -2.36. The number of benzene rings is 1. The van der Waals surface area contributed by atoms with E-state index < -0.39 is 12.1 Å². The molecule has 1 atom stereocenters. The van der Waals surface area contributed by atoms with Gasteiger partial charge in [0, 0.05) is 11.1 Å². The Morgan fingerprint density at radius 3 is 2.65 bits per heavy atom. The Labute approximate surface area is 139 Å². The largest absolute Gasteiger partial charge is 0.352 e. The molecular weight excluding hydrogens is 312 g/mol. The van der Waals surface area contributed by atoms with Crippen LogP contribution in [0.4, 0.5) is 4.79 Å². The summed E-state index contributed by atoms with van der Waals surface area (Å²) in [5, 5.41) is 8.25. The minimum absolute atomic E-state index is 0.123. The standard InChI is InChI=1S/C16H20N4O2S/c1-10-5-3-4-6-12(10)13(20-16(17)22)7-14(21)18-8-15-19-11(2)9-23-15/h3-6,9,13H,7-8H2,1-2H3,(H,18,21)(H3,17,20,22)/t13-/m0/s1. The molecule has 4 N–H and O–H groups in total. The van der Waals surface area contributed by atoms with Crippen molar-refractivity contribution in [1.82, 2.24) is 15.6 Å². The molecule has 0 unspecified atom stereocenters. The molecule has 2 aromatic rings. The van der Waals surface area contributed by atoms with Crippen molar-refractivity contribution in [3.63, 3.8) is 0 Å². The Morgan fingerprint density at radius 2 is 2.04 bits per heavy atom. The average Bonchev–Trinajstić information content (AvgIpc) is 2.90. The molecule has 7 heteroatoms. The maximum absolute atomic E-state index is 12.2. The van der Waals surface area contributed by atoms with Gasteiger partial charge in [-0.3, -0.25) is 4.79 Å². The molecule has 3 amide bonds. The summed E-state index contributed by atoms with van der Waals surface area (Å²) in [5.74, 6) is -0.167. The van der Waals surface area contributed by atoms with Crippen LogP contribution in [0.1, 0.15) is 34.3 Å². The van der Waals surface area contributed by atoms with Crippen molar-refractivity contribution >= 4 is 23.3 Å². The van der Waals surface area contributed by atoms with Crippen LogP contribution >= 0.6 is 11.3 Å². The number of aryl methyl sites for hydroxylation is 2. The van der Waals surface area contributed by atoms with Gasteiger partial charge in [-0.1, -0.05) is 24.3 Å². The van der Waals surface area contributed by atoms with Gasteiger partial charge in [-0.15, -0.1) is 11.3 Å². The number of carbonyl (C=O) groups is 2. The molecular formula is C16H20N4O2S. The molecule has 1 aromatic carbocycles. The second-order valence-electron chi connectivity index (χ2n) is 5.28. The summed E-state index contributed by atoms with van der Waals surface area (Å²) in [7, 11) is 0. The van der Waals surface area contributed by atoms with Crippen molar-refractivity contribution in [2.24, 2.45) is 5.73 Å². The molecule has 0 aliphatic carbocycles. The van der Waals surface area contributed by atoms with Crippen LogP contribution in [0.2, 0.25) is 0 Å². The van der Waals surface area contributed by atoms with Crippen molar-refractivity contribution in [1.29, 1.82) is 0 Å². The van der Waals surface area contributed by atoms with Gasteiger partial charge >= 0.3 is 6.03 Å². The Morgan fingerprint density at radius 1 is 1.30 bits per heavy atom. The molecule has 1 heterocycles. The van der Waals surface area contributed by atoms with Gasteiger partial charge in [0.1, 0.15) is 5.01 Å². The molecule has 122 valence electrons. The molecule has 23 heavy (non-hydrogen) atoms. The van der Waals surface area contributed by atoms with Crippen molar-refractivity contribution in [3.05, 3.63) is 51.5 Å². The van der Waals surface area contributed by atoms with Crippen LogP contribution in [0.5, 0.6) is 0 Å². The second kappa shape index (κ2) is 7.73. The van der Waals surface area contributed by atoms with Crippen LogP contribution in [0.3, 0.4) is 0 Å². The average molecular weight is 332 g/mol. The van der Waals surface area contributed by atoms with Gasteiger partial charge in [0.15, 0.2) is 0 Å². The Bertz CT molecular complexity index is 699. The van der Waals surface area contributed by atoms with E-state index in [0.29, 0.717) is 6.54 Å². The van der Waals surface area contributed by atoms with E-state index >= 15 is 0 Å². The van der Waals surface area contributed by atoms with Crippen LogP contribution in [0.25, 0.3) is 0 Å². The lowest BCUT2D eigenvalue weighted by molar-refractivity contribution is -0.121. The van der Waals surface area contributed by atoms with E-state index in [2.05, 4.69) is 15.6 Å². The summed E-state index contributed by atoms with van der Waals surface area (Å²) in [6, 6.07) is 6.49. The van der Waals surface area contributed by atoms with Crippen molar-refractivity contribution < 1.29 is 9.59 Å². The number of hydrogen-bond donors (Lipinski definition) is 3. The molecule has 0 aliphatic heterocycles.